The molecule has 1 aromatic rings. The van der Waals surface area contributed by atoms with Gasteiger partial charge >= 0.3 is 12.0 Å². The van der Waals surface area contributed by atoms with Crippen molar-refractivity contribution < 1.29 is 24.2 Å². The third-order valence-electron chi connectivity index (χ3n) is 2.81. The lowest BCUT2D eigenvalue weighted by molar-refractivity contribution is -0.136. The average Bonchev–Trinajstić information content (AvgIpc) is 3.21. The van der Waals surface area contributed by atoms with Gasteiger partial charge in [0.1, 0.15) is 5.75 Å². The number of hydrogen-bond acceptors (Lipinski definition) is 4. The van der Waals surface area contributed by atoms with Gasteiger partial charge in [-0.1, -0.05) is 12.1 Å². The van der Waals surface area contributed by atoms with E-state index < -0.39 is 17.9 Å². The normalized spacial score (nSPS) is 13.3. The molecule has 0 aromatic heterocycles. The Morgan fingerprint density at radius 1 is 1.19 bits per heavy atom. The number of hydrogen-bond donors (Lipinski definition) is 3. The number of carboxylic acid groups (broad SMARTS) is 1. The molecule has 1 aromatic carbocycles. The Labute approximate surface area is 121 Å². The molecule has 1 saturated carbocycles. The van der Waals surface area contributed by atoms with E-state index in [9.17, 15) is 14.4 Å². The van der Waals surface area contributed by atoms with Crippen LogP contribution in [0.2, 0.25) is 0 Å². The van der Waals surface area contributed by atoms with Crippen LogP contribution in [-0.4, -0.2) is 35.7 Å². The van der Waals surface area contributed by atoms with Gasteiger partial charge in [0.15, 0.2) is 6.61 Å². The second kappa shape index (κ2) is 6.74. The van der Waals surface area contributed by atoms with E-state index in [1.807, 2.05) is 0 Å². The van der Waals surface area contributed by atoms with Crippen molar-refractivity contribution in [3.8, 4) is 5.75 Å². The number of carboxylic acids is 1. The highest BCUT2D eigenvalue weighted by Crippen LogP contribution is 2.18. The van der Waals surface area contributed by atoms with Crippen molar-refractivity contribution in [3.63, 3.8) is 0 Å². The molecule has 2 rings (SSSR count). The van der Waals surface area contributed by atoms with E-state index in [0.29, 0.717) is 11.3 Å². The standard InChI is InChI=1S/C14H16N2O5/c17-12(16-14(20)15-10-3-4-10)8-21-11-5-1-9(2-6-11)7-13(18)19/h1-2,5-6,10H,3-4,7-8H2,(H,18,19)(H2,15,16,17,20). The van der Waals surface area contributed by atoms with Crippen molar-refractivity contribution in [2.24, 2.45) is 0 Å². The van der Waals surface area contributed by atoms with Gasteiger partial charge in [-0.05, 0) is 30.5 Å². The highest BCUT2D eigenvalue weighted by molar-refractivity contribution is 5.95. The SMILES string of the molecule is O=C(O)Cc1ccc(OCC(=O)NC(=O)NC2CC2)cc1. The number of imide groups is 1. The summed E-state index contributed by atoms with van der Waals surface area (Å²) in [4.78, 5) is 33.3. The molecular formula is C14H16N2O5. The minimum absolute atomic E-state index is 0.0674. The third-order valence-corrected chi connectivity index (χ3v) is 2.81. The van der Waals surface area contributed by atoms with Gasteiger partial charge in [0, 0.05) is 6.04 Å². The molecule has 7 heteroatoms. The van der Waals surface area contributed by atoms with E-state index in [2.05, 4.69) is 10.6 Å². The largest absolute Gasteiger partial charge is 0.484 e. The van der Waals surface area contributed by atoms with Crippen molar-refractivity contribution in [1.82, 2.24) is 10.6 Å². The van der Waals surface area contributed by atoms with Crippen LogP contribution in [-0.2, 0) is 16.0 Å². The van der Waals surface area contributed by atoms with E-state index in [4.69, 9.17) is 9.84 Å². The number of amides is 3. The van der Waals surface area contributed by atoms with Crippen molar-refractivity contribution in [1.29, 1.82) is 0 Å². The summed E-state index contributed by atoms with van der Waals surface area (Å²) in [6, 6.07) is 6.05. The minimum Gasteiger partial charge on any atom is -0.484 e. The second-order valence-electron chi connectivity index (χ2n) is 4.80. The lowest BCUT2D eigenvalue weighted by atomic mass is 10.1. The van der Waals surface area contributed by atoms with Crippen LogP contribution in [0.1, 0.15) is 18.4 Å². The zero-order valence-electron chi connectivity index (χ0n) is 11.3. The molecule has 0 aliphatic heterocycles. The Hall–Kier alpha value is -2.57. The highest BCUT2D eigenvalue weighted by atomic mass is 16.5. The predicted molar refractivity (Wildman–Crippen MR) is 73.0 cm³/mol. The molecule has 0 heterocycles. The van der Waals surface area contributed by atoms with Gasteiger partial charge in [-0.3, -0.25) is 14.9 Å². The third kappa shape index (κ3) is 5.52. The second-order valence-corrected chi connectivity index (χ2v) is 4.80. The maximum atomic E-state index is 11.5. The summed E-state index contributed by atoms with van der Waals surface area (Å²) in [5, 5.41) is 13.4. The fourth-order valence-electron chi connectivity index (χ4n) is 1.64. The molecule has 0 radical (unpaired) electrons. The number of ether oxygens (including phenoxy) is 1. The lowest BCUT2D eigenvalue weighted by Crippen LogP contribution is -2.42. The molecule has 0 unspecified atom stereocenters. The number of aliphatic carboxylic acids is 1. The van der Waals surface area contributed by atoms with Crippen LogP contribution in [0.3, 0.4) is 0 Å². The Bertz CT molecular complexity index is 537. The van der Waals surface area contributed by atoms with Gasteiger partial charge in [-0.2, -0.15) is 0 Å². The summed E-state index contributed by atoms with van der Waals surface area (Å²) in [5.41, 5.74) is 0.642. The summed E-state index contributed by atoms with van der Waals surface area (Å²) in [6.07, 6.45) is 1.82. The van der Waals surface area contributed by atoms with Crippen molar-refractivity contribution >= 4 is 17.9 Å². The first-order valence-electron chi connectivity index (χ1n) is 6.57. The quantitative estimate of drug-likeness (QED) is 0.715. The van der Waals surface area contributed by atoms with Crippen LogP contribution in [0.5, 0.6) is 5.75 Å². The summed E-state index contributed by atoms with van der Waals surface area (Å²) in [5.74, 6) is -1.02. The Kier molecular flexibility index (Phi) is 4.76. The topological polar surface area (TPSA) is 105 Å². The van der Waals surface area contributed by atoms with Gasteiger partial charge in [0.2, 0.25) is 0 Å². The molecular weight excluding hydrogens is 276 g/mol. The van der Waals surface area contributed by atoms with E-state index in [-0.39, 0.29) is 19.1 Å². The van der Waals surface area contributed by atoms with Crippen LogP contribution >= 0.6 is 0 Å². The first-order chi connectivity index (χ1) is 10.0. The molecule has 0 bridgehead atoms. The molecule has 0 spiro atoms. The van der Waals surface area contributed by atoms with E-state index >= 15 is 0 Å². The first-order valence-corrected chi connectivity index (χ1v) is 6.57. The molecule has 3 N–H and O–H groups in total. The minimum atomic E-state index is -0.912. The summed E-state index contributed by atoms with van der Waals surface area (Å²) in [7, 11) is 0. The zero-order chi connectivity index (χ0) is 15.2. The van der Waals surface area contributed by atoms with Crippen molar-refractivity contribution in [2.45, 2.75) is 25.3 Å². The van der Waals surface area contributed by atoms with Crippen LogP contribution in [0.15, 0.2) is 24.3 Å². The molecule has 1 aliphatic rings. The molecule has 0 saturated heterocycles. The molecule has 3 amide bonds. The zero-order valence-corrected chi connectivity index (χ0v) is 11.3. The highest BCUT2D eigenvalue weighted by Gasteiger charge is 2.23. The van der Waals surface area contributed by atoms with Gasteiger partial charge in [-0.15, -0.1) is 0 Å². The first kappa shape index (κ1) is 14.8. The van der Waals surface area contributed by atoms with Crippen LogP contribution in [0.4, 0.5) is 4.79 Å². The number of carbonyl (C=O) groups is 3. The smallest absolute Gasteiger partial charge is 0.321 e. The number of rotatable bonds is 6. The average molecular weight is 292 g/mol. The van der Waals surface area contributed by atoms with E-state index in [1.165, 1.54) is 0 Å². The Balaban J connectivity index is 1.72. The lowest BCUT2D eigenvalue weighted by Gasteiger charge is -2.08. The Morgan fingerprint density at radius 3 is 2.43 bits per heavy atom. The number of benzene rings is 1. The molecule has 1 aliphatic carbocycles. The fourth-order valence-corrected chi connectivity index (χ4v) is 1.64. The maximum absolute atomic E-state index is 11.5. The molecule has 1 fully saturated rings. The molecule has 112 valence electrons. The predicted octanol–water partition coefficient (Wildman–Crippen LogP) is 0.681. The van der Waals surface area contributed by atoms with Crippen molar-refractivity contribution in [2.75, 3.05) is 6.61 Å². The maximum Gasteiger partial charge on any atom is 0.321 e. The molecule has 21 heavy (non-hydrogen) atoms. The number of carbonyl (C=O) groups excluding carboxylic acids is 2. The van der Waals surface area contributed by atoms with E-state index in [1.54, 1.807) is 24.3 Å². The van der Waals surface area contributed by atoms with Gasteiger partial charge in [0.05, 0.1) is 6.42 Å². The van der Waals surface area contributed by atoms with Gasteiger partial charge in [0.25, 0.3) is 5.91 Å². The summed E-state index contributed by atoms with van der Waals surface area (Å²) in [6.45, 7) is -0.281. The monoisotopic (exact) mass is 292 g/mol. The van der Waals surface area contributed by atoms with E-state index in [0.717, 1.165) is 12.8 Å². The van der Waals surface area contributed by atoms with Gasteiger partial charge < -0.3 is 15.2 Å². The summed E-state index contributed by atoms with van der Waals surface area (Å²) < 4.78 is 5.21. The number of urea groups is 1. The van der Waals surface area contributed by atoms with Gasteiger partial charge in [-0.25, -0.2) is 4.79 Å². The molecule has 0 atom stereocenters. The molecule has 7 nitrogen and oxygen atoms in total. The van der Waals surface area contributed by atoms with Crippen LogP contribution < -0.4 is 15.4 Å². The number of nitrogens with one attached hydrogen (secondary N) is 2. The summed E-state index contributed by atoms with van der Waals surface area (Å²) >= 11 is 0. The van der Waals surface area contributed by atoms with Crippen LogP contribution in [0, 0.1) is 0 Å². The fraction of sp³-hybridized carbons (Fsp3) is 0.357. The van der Waals surface area contributed by atoms with Crippen LogP contribution in [0.25, 0.3) is 0 Å². The Morgan fingerprint density at radius 2 is 1.86 bits per heavy atom. The van der Waals surface area contributed by atoms with Crippen molar-refractivity contribution in [3.05, 3.63) is 29.8 Å².